The molecular weight excluding hydrogens is 228 g/mol. The van der Waals surface area contributed by atoms with Crippen LogP contribution in [0.1, 0.15) is 26.7 Å². The van der Waals surface area contributed by atoms with Gasteiger partial charge in [-0.1, -0.05) is 13.8 Å². The third kappa shape index (κ3) is 8.67. The van der Waals surface area contributed by atoms with Crippen LogP contribution in [0.4, 0.5) is 0 Å². The van der Waals surface area contributed by atoms with Gasteiger partial charge in [0, 0.05) is 12.3 Å². The minimum absolute atomic E-state index is 0.0415. The average molecular weight is 250 g/mol. The van der Waals surface area contributed by atoms with Crippen LogP contribution in [0, 0.1) is 0 Å². The van der Waals surface area contributed by atoms with Gasteiger partial charge in [0.25, 0.3) is 0 Å². The third-order valence-electron chi connectivity index (χ3n) is 2.11. The minimum atomic E-state index is -2.87. The van der Waals surface area contributed by atoms with Crippen LogP contribution < -0.4 is 10.6 Å². The van der Waals surface area contributed by atoms with E-state index in [2.05, 4.69) is 10.6 Å². The largest absolute Gasteiger partial charge is 0.355 e. The Morgan fingerprint density at radius 2 is 1.88 bits per heavy atom. The summed E-state index contributed by atoms with van der Waals surface area (Å²) in [5, 5.41) is 5.65. The molecule has 6 heteroatoms. The highest BCUT2D eigenvalue weighted by Gasteiger charge is 2.06. The first-order valence-electron chi connectivity index (χ1n) is 5.69. The zero-order chi connectivity index (χ0) is 12.4. The van der Waals surface area contributed by atoms with Gasteiger partial charge in [-0.25, -0.2) is 8.42 Å². The van der Waals surface area contributed by atoms with Crippen LogP contribution in [0.15, 0.2) is 0 Å². The van der Waals surface area contributed by atoms with Gasteiger partial charge in [0.15, 0.2) is 0 Å². The molecule has 2 N–H and O–H groups in total. The lowest BCUT2D eigenvalue weighted by atomic mass is 10.4. The van der Waals surface area contributed by atoms with Gasteiger partial charge in [-0.3, -0.25) is 4.79 Å². The summed E-state index contributed by atoms with van der Waals surface area (Å²) in [4.78, 5) is 11.1. The van der Waals surface area contributed by atoms with E-state index in [9.17, 15) is 13.2 Å². The zero-order valence-corrected chi connectivity index (χ0v) is 10.9. The number of hydrogen-bond acceptors (Lipinski definition) is 4. The Kier molecular flexibility index (Phi) is 8.19. The van der Waals surface area contributed by atoms with Crippen LogP contribution in [0.5, 0.6) is 0 Å². The third-order valence-corrected chi connectivity index (χ3v) is 3.90. The number of rotatable bonds is 9. The molecule has 0 bridgehead atoms. The molecule has 0 aromatic heterocycles. The molecule has 5 nitrogen and oxygen atoms in total. The summed E-state index contributed by atoms with van der Waals surface area (Å²) in [6.45, 7) is 5.12. The molecule has 0 unspecified atom stereocenters. The van der Waals surface area contributed by atoms with E-state index in [1.54, 1.807) is 6.92 Å². The first-order chi connectivity index (χ1) is 7.52. The second kappa shape index (κ2) is 8.52. The molecule has 0 rings (SSSR count). The van der Waals surface area contributed by atoms with Gasteiger partial charge in [0.1, 0.15) is 9.84 Å². The molecule has 0 fully saturated rings. The molecule has 16 heavy (non-hydrogen) atoms. The van der Waals surface area contributed by atoms with Gasteiger partial charge in [-0.15, -0.1) is 0 Å². The fraction of sp³-hybridized carbons (Fsp3) is 0.900. The molecule has 96 valence electrons. The van der Waals surface area contributed by atoms with Crippen LogP contribution in [0.25, 0.3) is 0 Å². The van der Waals surface area contributed by atoms with E-state index < -0.39 is 9.84 Å². The fourth-order valence-electron chi connectivity index (χ4n) is 1.09. The molecule has 0 aromatic carbocycles. The molecule has 0 spiro atoms. The predicted octanol–water partition coefficient (Wildman–Crippen LogP) is -0.0730. The van der Waals surface area contributed by atoms with E-state index >= 15 is 0 Å². The maximum Gasteiger partial charge on any atom is 0.233 e. The van der Waals surface area contributed by atoms with Gasteiger partial charge in [-0.05, 0) is 19.4 Å². The Morgan fingerprint density at radius 3 is 2.44 bits per heavy atom. The minimum Gasteiger partial charge on any atom is -0.355 e. The van der Waals surface area contributed by atoms with Crippen molar-refractivity contribution in [3.63, 3.8) is 0 Å². The summed E-state index contributed by atoms with van der Waals surface area (Å²) in [6, 6.07) is 0. The smallest absolute Gasteiger partial charge is 0.233 e. The van der Waals surface area contributed by atoms with Crippen molar-refractivity contribution in [1.82, 2.24) is 10.6 Å². The second-order valence-electron chi connectivity index (χ2n) is 3.62. The summed E-state index contributed by atoms with van der Waals surface area (Å²) in [7, 11) is -2.87. The average Bonchev–Trinajstić information content (AvgIpc) is 2.25. The van der Waals surface area contributed by atoms with Gasteiger partial charge < -0.3 is 10.6 Å². The number of sulfone groups is 1. The van der Waals surface area contributed by atoms with E-state index in [1.165, 1.54) is 0 Å². The van der Waals surface area contributed by atoms with E-state index in [0.717, 1.165) is 6.42 Å². The standard InChI is InChI=1S/C10H22N2O3S/c1-3-6-12-10(13)9-11-7-5-8-16(14,15)4-2/h11H,3-9H2,1-2H3,(H,12,13). The van der Waals surface area contributed by atoms with Crippen molar-refractivity contribution in [2.45, 2.75) is 26.7 Å². The molecular formula is C10H22N2O3S. The topological polar surface area (TPSA) is 75.3 Å². The molecule has 0 aliphatic carbocycles. The lowest BCUT2D eigenvalue weighted by Gasteiger charge is -2.05. The normalized spacial score (nSPS) is 11.4. The Hall–Kier alpha value is -0.620. The van der Waals surface area contributed by atoms with Crippen molar-refractivity contribution in [2.75, 3.05) is 31.1 Å². The van der Waals surface area contributed by atoms with Crippen molar-refractivity contribution >= 4 is 15.7 Å². The predicted molar refractivity (Wildman–Crippen MR) is 65.1 cm³/mol. The van der Waals surface area contributed by atoms with Gasteiger partial charge in [0.05, 0.1) is 12.3 Å². The molecule has 0 radical (unpaired) electrons. The number of carbonyl (C=O) groups is 1. The molecule has 0 heterocycles. The van der Waals surface area contributed by atoms with Crippen LogP contribution in [-0.2, 0) is 14.6 Å². The van der Waals surface area contributed by atoms with E-state index in [4.69, 9.17) is 0 Å². The fourth-order valence-corrected chi connectivity index (χ4v) is 1.96. The highest BCUT2D eigenvalue weighted by molar-refractivity contribution is 7.91. The van der Waals surface area contributed by atoms with Crippen LogP contribution in [0.3, 0.4) is 0 Å². The Labute approximate surface area is 97.9 Å². The monoisotopic (exact) mass is 250 g/mol. The summed E-state index contributed by atoms with van der Waals surface area (Å²) in [5.41, 5.74) is 0. The SMILES string of the molecule is CCCNC(=O)CNCCCS(=O)(=O)CC. The van der Waals surface area contributed by atoms with E-state index in [-0.39, 0.29) is 24.0 Å². The maximum absolute atomic E-state index is 11.1. The summed E-state index contributed by atoms with van der Waals surface area (Å²) < 4.78 is 22.3. The van der Waals surface area contributed by atoms with Crippen molar-refractivity contribution in [3.8, 4) is 0 Å². The van der Waals surface area contributed by atoms with Crippen molar-refractivity contribution in [1.29, 1.82) is 0 Å². The number of hydrogen-bond donors (Lipinski definition) is 2. The summed E-state index contributed by atoms with van der Waals surface area (Å²) in [6.07, 6.45) is 1.47. The lowest BCUT2D eigenvalue weighted by Crippen LogP contribution is -2.35. The second-order valence-corrected chi connectivity index (χ2v) is 6.09. The van der Waals surface area contributed by atoms with Crippen LogP contribution in [0.2, 0.25) is 0 Å². The Balaban J connectivity index is 3.44. The van der Waals surface area contributed by atoms with Gasteiger partial charge in [-0.2, -0.15) is 0 Å². The van der Waals surface area contributed by atoms with Crippen molar-refractivity contribution in [2.24, 2.45) is 0 Å². The van der Waals surface area contributed by atoms with E-state index in [1.807, 2.05) is 6.92 Å². The van der Waals surface area contributed by atoms with Gasteiger partial charge >= 0.3 is 0 Å². The Morgan fingerprint density at radius 1 is 1.19 bits per heavy atom. The lowest BCUT2D eigenvalue weighted by molar-refractivity contribution is -0.120. The quantitative estimate of drug-likeness (QED) is 0.562. The first-order valence-corrected chi connectivity index (χ1v) is 7.51. The molecule has 0 atom stereocenters. The van der Waals surface area contributed by atoms with Gasteiger partial charge in [0.2, 0.25) is 5.91 Å². The number of nitrogens with one attached hydrogen (secondary N) is 2. The maximum atomic E-state index is 11.1. The van der Waals surface area contributed by atoms with Crippen molar-refractivity contribution < 1.29 is 13.2 Å². The van der Waals surface area contributed by atoms with E-state index in [0.29, 0.717) is 19.5 Å². The molecule has 0 saturated heterocycles. The first kappa shape index (κ1) is 15.4. The Bertz CT molecular complexity index is 288. The highest BCUT2D eigenvalue weighted by atomic mass is 32.2. The summed E-state index contributed by atoms with van der Waals surface area (Å²) in [5.74, 6) is 0.331. The molecule has 0 saturated carbocycles. The zero-order valence-electron chi connectivity index (χ0n) is 10.1. The molecule has 0 aromatic rings. The number of amides is 1. The van der Waals surface area contributed by atoms with Crippen LogP contribution >= 0.6 is 0 Å². The summed E-state index contributed by atoms with van der Waals surface area (Å²) >= 11 is 0. The molecule has 1 amide bonds. The van der Waals surface area contributed by atoms with Crippen LogP contribution in [-0.4, -0.2) is 45.5 Å². The van der Waals surface area contributed by atoms with Crippen molar-refractivity contribution in [3.05, 3.63) is 0 Å². The molecule has 0 aliphatic rings. The molecule has 0 aliphatic heterocycles. The highest BCUT2D eigenvalue weighted by Crippen LogP contribution is 1.91. The number of carbonyl (C=O) groups excluding carboxylic acids is 1.